The van der Waals surface area contributed by atoms with Crippen LogP contribution in [0, 0.1) is 6.92 Å². The van der Waals surface area contributed by atoms with Gasteiger partial charge in [0, 0.05) is 37.6 Å². The topological polar surface area (TPSA) is 56.2 Å². The van der Waals surface area contributed by atoms with Crippen LogP contribution in [0.1, 0.15) is 46.2 Å². The van der Waals surface area contributed by atoms with Gasteiger partial charge in [-0.1, -0.05) is 24.3 Å². The van der Waals surface area contributed by atoms with Crippen molar-refractivity contribution in [3.8, 4) is 5.75 Å². The van der Waals surface area contributed by atoms with E-state index in [4.69, 9.17) is 9.72 Å². The van der Waals surface area contributed by atoms with Gasteiger partial charge in [0.25, 0.3) is 5.91 Å². The number of hydrogen-bond acceptors (Lipinski definition) is 3. The maximum atomic E-state index is 12.8. The maximum Gasteiger partial charge on any atom is 0.251 e. The van der Waals surface area contributed by atoms with Crippen LogP contribution in [-0.2, 0) is 26.3 Å². The summed E-state index contributed by atoms with van der Waals surface area (Å²) < 4.78 is 8.79. The van der Waals surface area contributed by atoms with Gasteiger partial charge in [0.05, 0.1) is 5.52 Å². The summed E-state index contributed by atoms with van der Waals surface area (Å²) in [5.41, 5.74) is 6.06. The van der Waals surface area contributed by atoms with E-state index in [0.717, 1.165) is 59.4 Å². The van der Waals surface area contributed by atoms with Crippen molar-refractivity contribution in [2.24, 2.45) is 7.05 Å². The monoisotopic (exact) mass is 375 g/mol. The number of benzene rings is 2. The van der Waals surface area contributed by atoms with Crippen molar-refractivity contribution in [3.05, 3.63) is 58.4 Å². The minimum atomic E-state index is -0.227. The minimum Gasteiger partial charge on any atom is -0.484 e. The number of imidazole rings is 1. The molecule has 5 nitrogen and oxygen atoms in total. The fourth-order valence-corrected chi connectivity index (χ4v) is 4.79. The first kappa shape index (κ1) is 17.3. The van der Waals surface area contributed by atoms with Gasteiger partial charge in [-0.3, -0.25) is 4.79 Å². The summed E-state index contributed by atoms with van der Waals surface area (Å²) in [6.07, 6.45) is 3.59. The van der Waals surface area contributed by atoms with Gasteiger partial charge in [0.1, 0.15) is 16.9 Å². The second-order valence-electron chi connectivity index (χ2n) is 8.08. The third-order valence-corrected chi connectivity index (χ3v) is 6.33. The van der Waals surface area contributed by atoms with Crippen LogP contribution in [0.15, 0.2) is 30.3 Å². The molecule has 2 heterocycles. The molecule has 0 saturated carbocycles. The summed E-state index contributed by atoms with van der Waals surface area (Å²) in [5, 5.41) is 2.95. The summed E-state index contributed by atoms with van der Waals surface area (Å²) in [5.74, 6) is 1.69. The molecule has 144 valence electrons. The average molecular weight is 375 g/mol. The highest BCUT2D eigenvalue weighted by Gasteiger charge is 2.43. The standard InChI is InChI=1S/C23H25N3O2/c1-4-24-22(27)18-11-19-20(25-14(2)26(19)3)21-17(18)9-10-23(28-21)12-15-7-5-6-8-16(15)13-23/h5-8,11H,4,9-10,12-13H2,1-3H3,(H,24,27). The Kier molecular flexibility index (Phi) is 3.76. The highest BCUT2D eigenvalue weighted by atomic mass is 16.5. The molecule has 0 saturated heterocycles. The van der Waals surface area contributed by atoms with Gasteiger partial charge in [0.15, 0.2) is 5.75 Å². The molecular formula is C23H25N3O2. The van der Waals surface area contributed by atoms with Crippen LogP contribution in [-0.4, -0.2) is 27.6 Å². The van der Waals surface area contributed by atoms with E-state index in [1.54, 1.807) is 0 Å². The van der Waals surface area contributed by atoms with Crippen LogP contribution in [0.25, 0.3) is 11.0 Å². The lowest BCUT2D eigenvalue weighted by Crippen LogP contribution is -2.41. The smallest absolute Gasteiger partial charge is 0.251 e. The molecule has 1 aliphatic carbocycles. The lowest BCUT2D eigenvalue weighted by atomic mass is 9.86. The third kappa shape index (κ3) is 2.45. The molecule has 5 heteroatoms. The molecule has 0 atom stereocenters. The fraction of sp³-hybridized carbons (Fsp3) is 0.391. The zero-order valence-electron chi connectivity index (χ0n) is 16.6. The van der Waals surface area contributed by atoms with Gasteiger partial charge in [-0.2, -0.15) is 0 Å². The number of amides is 1. The Balaban J connectivity index is 1.66. The van der Waals surface area contributed by atoms with Crippen molar-refractivity contribution in [2.75, 3.05) is 6.54 Å². The normalized spacial score (nSPS) is 16.7. The first-order chi connectivity index (χ1) is 13.5. The van der Waals surface area contributed by atoms with Crippen LogP contribution in [0.2, 0.25) is 0 Å². The Morgan fingerprint density at radius 3 is 2.68 bits per heavy atom. The lowest BCUT2D eigenvalue weighted by Gasteiger charge is -2.36. The average Bonchev–Trinajstić information content (AvgIpc) is 3.18. The van der Waals surface area contributed by atoms with Crippen molar-refractivity contribution in [3.63, 3.8) is 0 Å². The van der Waals surface area contributed by atoms with Crippen molar-refractivity contribution >= 4 is 16.9 Å². The van der Waals surface area contributed by atoms with Crippen LogP contribution >= 0.6 is 0 Å². The highest BCUT2D eigenvalue weighted by molar-refractivity contribution is 6.01. The fourth-order valence-electron chi connectivity index (χ4n) is 4.79. The zero-order chi connectivity index (χ0) is 19.5. The maximum absolute atomic E-state index is 12.8. The molecule has 1 aromatic heterocycles. The van der Waals surface area contributed by atoms with Crippen molar-refractivity contribution in [2.45, 2.75) is 45.1 Å². The SMILES string of the molecule is CCNC(=O)c1cc2c(nc(C)n2C)c2c1CCC1(Cc3ccccc3C1)O2. The van der Waals surface area contributed by atoms with Crippen LogP contribution in [0.3, 0.4) is 0 Å². The molecule has 1 spiro atoms. The lowest BCUT2D eigenvalue weighted by molar-refractivity contribution is 0.0578. The van der Waals surface area contributed by atoms with Gasteiger partial charge in [-0.15, -0.1) is 0 Å². The van der Waals surface area contributed by atoms with Gasteiger partial charge >= 0.3 is 0 Å². The summed E-state index contributed by atoms with van der Waals surface area (Å²) >= 11 is 0. The van der Waals surface area contributed by atoms with Gasteiger partial charge in [-0.25, -0.2) is 4.98 Å². The molecule has 2 aliphatic rings. The number of rotatable bonds is 2. The third-order valence-electron chi connectivity index (χ3n) is 6.33. The van der Waals surface area contributed by atoms with E-state index in [1.807, 2.05) is 31.5 Å². The van der Waals surface area contributed by atoms with Crippen LogP contribution in [0.5, 0.6) is 5.75 Å². The van der Waals surface area contributed by atoms with Crippen LogP contribution < -0.4 is 10.1 Å². The van der Waals surface area contributed by atoms with Crippen molar-refractivity contribution in [1.29, 1.82) is 0 Å². The minimum absolute atomic E-state index is 0.0336. The number of fused-ring (bicyclic) bond motifs is 4. The first-order valence-electron chi connectivity index (χ1n) is 10.0. The van der Waals surface area contributed by atoms with Crippen molar-refractivity contribution in [1.82, 2.24) is 14.9 Å². The molecule has 0 fully saturated rings. The summed E-state index contributed by atoms with van der Waals surface area (Å²) in [7, 11) is 1.99. The number of nitrogens with one attached hydrogen (secondary N) is 1. The summed E-state index contributed by atoms with van der Waals surface area (Å²) in [4.78, 5) is 17.6. The largest absolute Gasteiger partial charge is 0.484 e. The second kappa shape index (κ2) is 6.09. The van der Waals surface area contributed by atoms with Crippen LogP contribution in [0.4, 0.5) is 0 Å². The Hall–Kier alpha value is -2.82. The molecule has 1 aliphatic heterocycles. The predicted octanol–water partition coefficient (Wildman–Crippen LogP) is 3.49. The summed E-state index contributed by atoms with van der Waals surface area (Å²) in [6, 6.07) is 10.6. The molecule has 2 aromatic carbocycles. The number of carbonyl (C=O) groups excluding carboxylic acids is 1. The molecule has 0 bridgehead atoms. The molecule has 0 unspecified atom stereocenters. The number of hydrogen-bond donors (Lipinski definition) is 1. The Morgan fingerprint density at radius 2 is 2.00 bits per heavy atom. The number of nitrogens with zero attached hydrogens (tertiary/aromatic N) is 2. The molecular weight excluding hydrogens is 350 g/mol. The van der Waals surface area contributed by atoms with Gasteiger partial charge in [0.2, 0.25) is 0 Å². The molecule has 1 N–H and O–H groups in total. The Labute approximate surface area is 164 Å². The number of aryl methyl sites for hydroxylation is 2. The second-order valence-corrected chi connectivity index (χ2v) is 8.08. The van der Waals surface area contributed by atoms with E-state index in [9.17, 15) is 4.79 Å². The summed E-state index contributed by atoms with van der Waals surface area (Å²) in [6.45, 7) is 4.54. The van der Waals surface area contributed by atoms with Gasteiger partial charge < -0.3 is 14.6 Å². The number of carbonyl (C=O) groups is 1. The van der Waals surface area contributed by atoms with Crippen molar-refractivity contribution < 1.29 is 9.53 Å². The van der Waals surface area contributed by atoms with E-state index < -0.39 is 0 Å². The quantitative estimate of drug-likeness (QED) is 0.746. The molecule has 0 radical (unpaired) electrons. The number of ether oxygens (including phenoxy) is 1. The van der Waals surface area contributed by atoms with E-state index in [2.05, 4.69) is 29.6 Å². The molecule has 1 amide bonds. The first-order valence-corrected chi connectivity index (χ1v) is 10.0. The van der Waals surface area contributed by atoms with E-state index in [-0.39, 0.29) is 11.5 Å². The predicted molar refractivity (Wildman–Crippen MR) is 109 cm³/mol. The molecule has 5 rings (SSSR count). The van der Waals surface area contributed by atoms with E-state index in [0.29, 0.717) is 6.54 Å². The highest BCUT2D eigenvalue weighted by Crippen LogP contribution is 2.45. The zero-order valence-corrected chi connectivity index (χ0v) is 16.6. The van der Waals surface area contributed by atoms with E-state index >= 15 is 0 Å². The number of aromatic nitrogens is 2. The molecule has 3 aromatic rings. The Bertz CT molecular complexity index is 1090. The molecule has 28 heavy (non-hydrogen) atoms. The van der Waals surface area contributed by atoms with E-state index in [1.165, 1.54) is 11.1 Å². The van der Waals surface area contributed by atoms with Gasteiger partial charge in [-0.05, 0) is 43.9 Å². The Morgan fingerprint density at radius 1 is 1.29 bits per heavy atom.